The van der Waals surface area contributed by atoms with Crippen LogP contribution in [-0.4, -0.2) is 95.0 Å². The lowest BCUT2D eigenvalue weighted by Crippen LogP contribution is -2.55. The van der Waals surface area contributed by atoms with Crippen molar-refractivity contribution < 1.29 is 9.47 Å². The number of ether oxygens (including phenoxy) is 2. The molecule has 0 bridgehead atoms. The van der Waals surface area contributed by atoms with Crippen LogP contribution in [0.3, 0.4) is 0 Å². The summed E-state index contributed by atoms with van der Waals surface area (Å²) in [5, 5.41) is 10.6. The van der Waals surface area contributed by atoms with E-state index in [0.717, 1.165) is 68.0 Å². The number of aromatic nitrogens is 1. The van der Waals surface area contributed by atoms with Crippen molar-refractivity contribution in [2.45, 2.75) is 37.2 Å². The van der Waals surface area contributed by atoms with Crippen molar-refractivity contribution in [3.63, 3.8) is 0 Å². The molecule has 4 atom stereocenters. The summed E-state index contributed by atoms with van der Waals surface area (Å²) in [7, 11) is 3.71. The molecule has 0 radical (unpaired) electrons. The molecule has 3 aliphatic heterocycles. The van der Waals surface area contributed by atoms with Crippen molar-refractivity contribution in [2.75, 3.05) is 62.7 Å². The second-order valence-electron chi connectivity index (χ2n) is 11.4. The van der Waals surface area contributed by atoms with E-state index in [2.05, 4.69) is 69.1 Å². The summed E-state index contributed by atoms with van der Waals surface area (Å²) in [6.45, 7) is 8.51. The molecule has 2 aromatic carbocycles. The molecule has 0 unspecified atom stereocenters. The second kappa shape index (κ2) is 10.8. The van der Waals surface area contributed by atoms with Gasteiger partial charge in [-0.15, -0.1) is 0 Å². The van der Waals surface area contributed by atoms with Gasteiger partial charge in [0.15, 0.2) is 7.85 Å². The highest BCUT2D eigenvalue weighted by Crippen LogP contribution is 2.33. The summed E-state index contributed by atoms with van der Waals surface area (Å²) in [6.07, 6.45) is 0.366. The van der Waals surface area contributed by atoms with Crippen LogP contribution in [0.25, 0.3) is 10.9 Å². The lowest BCUT2D eigenvalue weighted by Gasteiger charge is -2.45. The smallest absolute Gasteiger partial charge is 0.163 e. The number of benzene rings is 2. The summed E-state index contributed by atoms with van der Waals surface area (Å²) in [6, 6.07) is 19.5. The SMILES string of the molecule is Bc1ccc2c(N3C[C@H](CN4CC(c5ccc(N6C[C@H](OC)[C@@H](N)C6)cc5)C4)O[C@H](C)C3)ccc(C#N)c2n1. The normalized spacial score (nSPS) is 26.1. The molecule has 0 saturated carbocycles. The Kier molecular flexibility index (Phi) is 7.21. The number of anilines is 2. The highest BCUT2D eigenvalue weighted by Gasteiger charge is 2.34. The minimum atomic E-state index is 0.0620. The molecule has 3 aromatic rings. The third kappa shape index (κ3) is 5.22. The topological polar surface area (TPSA) is 90.9 Å². The van der Waals surface area contributed by atoms with Crippen molar-refractivity contribution in [3.8, 4) is 6.07 Å². The van der Waals surface area contributed by atoms with E-state index in [4.69, 9.17) is 15.2 Å². The van der Waals surface area contributed by atoms with Crippen LogP contribution >= 0.6 is 0 Å². The van der Waals surface area contributed by atoms with Crippen LogP contribution in [0, 0.1) is 11.3 Å². The third-order valence-electron chi connectivity index (χ3n) is 8.52. The van der Waals surface area contributed by atoms with Crippen molar-refractivity contribution in [1.29, 1.82) is 5.26 Å². The number of pyridine rings is 1. The van der Waals surface area contributed by atoms with Crippen LogP contribution in [0.4, 0.5) is 11.4 Å². The lowest BCUT2D eigenvalue weighted by molar-refractivity contribution is -0.0434. The third-order valence-corrected chi connectivity index (χ3v) is 8.52. The Morgan fingerprint density at radius 1 is 1.03 bits per heavy atom. The van der Waals surface area contributed by atoms with Crippen molar-refractivity contribution in [2.24, 2.45) is 5.73 Å². The molecule has 0 spiro atoms. The van der Waals surface area contributed by atoms with Gasteiger partial charge in [-0.05, 0) is 48.4 Å². The number of methoxy groups -OCH3 is 1. The van der Waals surface area contributed by atoms with Gasteiger partial charge in [0.2, 0.25) is 0 Å². The largest absolute Gasteiger partial charge is 0.378 e. The Morgan fingerprint density at radius 3 is 2.54 bits per heavy atom. The number of morpholine rings is 1. The number of nitrogens with zero attached hydrogens (tertiary/aromatic N) is 5. The summed E-state index contributed by atoms with van der Waals surface area (Å²) in [5.74, 6) is 0.556. The number of hydrogen-bond donors (Lipinski definition) is 1. The molecule has 0 aliphatic carbocycles. The molecule has 1 aromatic heterocycles. The lowest BCUT2D eigenvalue weighted by atomic mass is 9.91. The van der Waals surface area contributed by atoms with Crippen LogP contribution < -0.4 is 21.1 Å². The van der Waals surface area contributed by atoms with Gasteiger partial charge in [-0.2, -0.15) is 5.26 Å². The zero-order chi connectivity index (χ0) is 27.1. The minimum Gasteiger partial charge on any atom is -0.378 e. The van der Waals surface area contributed by atoms with Gasteiger partial charge in [-0.1, -0.05) is 18.2 Å². The number of rotatable bonds is 6. The first-order chi connectivity index (χ1) is 18.9. The quantitative estimate of drug-likeness (QED) is 0.482. The first-order valence-corrected chi connectivity index (χ1v) is 14.0. The first kappa shape index (κ1) is 26.1. The molecule has 6 rings (SSSR count). The van der Waals surface area contributed by atoms with E-state index < -0.39 is 0 Å². The number of nitriles is 1. The molecule has 3 saturated heterocycles. The second-order valence-corrected chi connectivity index (χ2v) is 11.4. The number of likely N-dealkylation sites (tertiary alicyclic amines) is 1. The molecule has 39 heavy (non-hydrogen) atoms. The zero-order valence-corrected chi connectivity index (χ0v) is 23.1. The molecule has 3 fully saturated rings. The monoisotopic (exact) mass is 524 g/mol. The van der Waals surface area contributed by atoms with E-state index in [0.29, 0.717) is 11.5 Å². The van der Waals surface area contributed by atoms with E-state index in [1.165, 1.54) is 11.3 Å². The average molecular weight is 524 g/mol. The molecule has 3 aliphatic rings. The summed E-state index contributed by atoms with van der Waals surface area (Å²) < 4.78 is 11.9. The molecular weight excluding hydrogens is 487 g/mol. The van der Waals surface area contributed by atoms with Gasteiger partial charge in [-0.25, -0.2) is 0 Å². The number of fused-ring (bicyclic) bond motifs is 1. The fraction of sp³-hybridized carbons (Fsp3) is 0.467. The summed E-state index contributed by atoms with van der Waals surface area (Å²) in [5.41, 5.74) is 12.3. The minimum absolute atomic E-state index is 0.0620. The summed E-state index contributed by atoms with van der Waals surface area (Å²) in [4.78, 5) is 11.9. The maximum absolute atomic E-state index is 9.60. The average Bonchev–Trinajstić information content (AvgIpc) is 3.30. The zero-order valence-electron chi connectivity index (χ0n) is 23.1. The van der Waals surface area contributed by atoms with Crippen LogP contribution in [0.5, 0.6) is 0 Å². The van der Waals surface area contributed by atoms with Crippen molar-refractivity contribution in [3.05, 3.63) is 59.7 Å². The van der Waals surface area contributed by atoms with E-state index in [9.17, 15) is 5.26 Å². The fourth-order valence-electron chi connectivity index (χ4n) is 6.44. The van der Waals surface area contributed by atoms with Gasteiger partial charge in [-0.3, -0.25) is 9.88 Å². The van der Waals surface area contributed by atoms with E-state index >= 15 is 0 Å². The Hall–Kier alpha value is -3.16. The van der Waals surface area contributed by atoms with Crippen LogP contribution in [0.15, 0.2) is 48.5 Å². The molecule has 9 heteroatoms. The maximum Gasteiger partial charge on any atom is 0.163 e. The highest BCUT2D eigenvalue weighted by atomic mass is 16.5. The van der Waals surface area contributed by atoms with Gasteiger partial charge in [0.25, 0.3) is 0 Å². The molecule has 202 valence electrons. The Labute approximate surface area is 231 Å². The Bertz CT molecular complexity index is 1370. The molecule has 8 nitrogen and oxygen atoms in total. The molecular formula is C30H37BN6O2. The standard InChI is InChI=1S/C30H37BN6O2/c1-19-12-37(27-9-5-21(11-32)30-25(27)8-10-29(31)34-30)16-24(39-19)15-35-13-22(14-35)20-3-6-23(7-4-20)36-17-26(33)28(18-36)38-2/h3-10,19,22,24,26,28H,12-18,31,33H2,1-2H3/t19-,24+,26+,28+/m1/s1. The predicted molar refractivity (Wildman–Crippen MR) is 158 cm³/mol. The Balaban J connectivity index is 1.07. The van der Waals surface area contributed by atoms with E-state index in [1.54, 1.807) is 7.11 Å². The maximum atomic E-state index is 9.60. The van der Waals surface area contributed by atoms with Gasteiger partial charge in [0, 0.05) is 75.6 Å². The van der Waals surface area contributed by atoms with Gasteiger partial charge < -0.3 is 25.0 Å². The highest BCUT2D eigenvalue weighted by molar-refractivity contribution is 6.31. The van der Waals surface area contributed by atoms with Crippen LogP contribution in [-0.2, 0) is 9.47 Å². The van der Waals surface area contributed by atoms with Crippen molar-refractivity contribution >= 4 is 35.7 Å². The van der Waals surface area contributed by atoms with Gasteiger partial charge in [0.05, 0.1) is 35.4 Å². The first-order valence-electron chi connectivity index (χ1n) is 14.0. The number of nitrogens with two attached hydrogens (primary N) is 1. The Morgan fingerprint density at radius 2 is 1.82 bits per heavy atom. The van der Waals surface area contributed by atoms with E-state index in [1.807, 2.05) is 20.0 Å². The summed E-state index contributed by atoms with van der Waals surface area (Å²) >= 11 is 0. The molecule has 2 N–H and O–H groups in total. The predicted octanol–water partition coefficient (Wildman–Crippen LogP) is 1.22. The van der Waals surface area contributed by atoms with Crippen LogP contribution in [0.2, 0.25) is 0 Å². The molecule has 4 heterocycles. The van der Waals surface area contributed by atoms with Gasteiger partial charge in [0.1, 0.15) is 6.07 Å². The van der Waals surface area contributed by atoms with Crippen LogP contribution in [0.1, 0.15) is 24.0 Å². The van der Waals surface area contributed by atoms with E-state index in [-0.39, 0.29) is 24.4 Å². The number of hydrogen-bond acceptors (Lipinski definition) is 8. The fourth-order valence-corrected chi connectivity index (χ4v) is 6.44. The van der Waals surface area contributed by atoms with Gasteiger partial charge >= 0.3 is 0 Å². The molecule has 0 amide bonds. The van der Waals surface area contributed by atoms with Crippen molar-refractivity contribution in [1.82, 2.24) is 9.88 Å².